The Morgan fingerprint density at radius 3 is 2.86 bits per heavy atom. The van der Waals surface area contributed by atoms with Gasteiger partial charge in [-0.25, -0.2) is 9.78 Å². The smallest absolute Gasteiger partial charge is 0.326 e. The molecule has 1 N–H and O–H groups in total. The zero-order valence-electron chi connectivity index (χ0n) is 12.1. The van der Waals surface area contributed by atoms with E-state index in [-0.39, 0.29) is 18.4 Å². The van der Waals surface area contributed by atoms with Crippen LogP contribution in [0.5, 0.6) is 0 Å². The number of carboxylic acids is 1. The van der Waals surface area contributed by atoms with Crippen molar-refractivity contribution in [3.05, 3.63) is 16.1 Å². The molecule has 2 heterocycles. The van der Waals surface area contributed by atoms with Crippen molar-refractivity contribution >= 4 is 23.2 Å². The average Bonchev–Trinajstić information content (AvgIpc) is 3.02. The Balaban J connectivity index is 1.79. The van der Waals surface area contributed by atoms with Crippen LogP contribution in [-0.2, 0) is 16.0 Å². The van der Waals surface area contributed by atoms with Crippen molar-refractivity contribution in [2.45, 2.75) is 57.5 Å². The Labute approximate surface area is 128 Å². The number of nitrogens with zero attached hydrogens (tertiary/aromatic N) is 2. The highest BCUT2D eigenvalue weighted by Gasteiger charge is 2.47. The zero-order chi connectivity index (χ0) is 15.0. The molecule has 1 aliphatic heterocycles. The second-order valence-corrected chi connectivity index (χ2v) is 7.10. The lowest BCUT2D eigenvalue weighted by Gasteiger charge is -2.32. The van der Waals surface area contributed by atoms with Crippen LogP contribution in [0.2, 0.25) is 0 Å². The topological polar surface area (TPSA) is 70.5 Å². The van der Waals surface area contributed by atoms with Crippen LogP contribution in [0.25, 0.3) is 0 Å². The minimum absolute atomic E-state index is 0.0814. The van der Waals surface area contributed by atoms with Gasteiger partial charge in [-0.05, 0) is 32.1 Å². The zero-order valence-corrected chi connectivity index (χ0v) is 12.9. The molecule has 1 saturated carbocycles. The van der Waals surface area contributed by atoms with Crippen LogP contribution in [0.1, 0.15) is 42.8 Å². The summed E-state index contributed by atoms with van der Waals surface area (Å²) in [7, 11) is 0. The van der Waals surface area contributed by atoms with Gasteiger partial charge >= 0.3 is 5.97 Å². The first-order valence-electron chi connectivity index (χ1n) is 7.51. The van der Waals surface area contributed by atoms with Gasteiger partial charge in [-0.2, -0.15) is 0 Å². The Morgan fingerprint density at radius 1 is 1.43 bits per heavy atom. The van der Waals surface area contributed by atoms with Crippen molar-refractivity contribution in [1.82, 2.24) is 9.88 Å². The summed E-state index contributed by atoms with van der Waals surface area (Å²) in [5.74, 6) is -0.588. The SMILES string of the molecule is Cc1nc(CC(=O)N2[C@@H]3CCCC[C@H]3C[C@H]2C(=O)O)cs1. The second-order valence-electron chi connectivity index (χ2n) is 6.04. The molecule has 6 heteroatoms. The van der Waals surface area contributed by atoms with Crippen molar-refractivity contribution in [2.75, 3.05) is 0 Å². The number of aromatic nitrogens is 1. The standard InChI is InChI=1S/C15H20N2O3S/c1-9-16-11(8-21-9)7-14(18)17-12-5-3-2-4-10(12)6-13(17)15(19)20/h8,10,12-13H,2-7H2,1H3,(H,19,20)/t10-,12+,13-/m0/s1. The maximum Gasteiger partial charge on any atom is 0.326 e. The van der Waals surface area contributed by atoms with Crippen molar-refractivity contribution in [2.24, 2.45) is 5.92 Å². The highest BCUT2D eigenvalue weighted by Crippen LogP contribution is 2.40. The molecule has 3 atom stereocenters. The van der Waals surface area contributed by atoms with Crippen LogP contribution in [0.3, 0.4) is 0 Å². The Kier molecular flexibility index (Phi) is 3.97. The van der Waals surface area contributed by atoms with Gasteiger partial charge in [-0.3, -0.25) is 4.79 Å². The van der Waals surface area contributed by atoms with Gasteiger partial charge in [0.05, 0.1) is 17.1 Å². The molecule has 0 spiro atoms. The number of fused-ring (bicyclic) bond motifs is 1. The van der Waals surface area contributed by atoms with Crippen molar-refractivity contribution in [3.63, 3.8) is 0 Å². The molecule has 1 amide bonds. The highest BCUT2D eigenvalue weighted by atomic mass is 32.1. The maximum atomic E-state index is 12.6. The van der Waals surface area contributed by atoms with Crippen LogP contribution in [0.15, 0.2) is 5.38 Å². The molecular formula is C15H20N2O3S. The van der Waals surface area contributed by atoms with E-state index in [0.29, 0.717) is 12.3 Å². The summed E-state index contributed by atoms with van der Waals surface area (Å²) in [6, 6.07) is -0.530. The fraction of sp³-hybridized carbons (Fsp3) is 0.667. The first-order chi connectivity index (χ1) is 10.1. The van der Waals surface area contributed by atoms with Crippen molar-refractivity contribution in [3.8, 4) is 0 Å². The second kappa shape index (κ2) is 5.75. The quantitative estimate of drug-likeness (QED) is 0.929. The molecule has 0 radical (unpaired) electrons. The Hall–Kier alpha value is -1.43. The minimum Gasteiger partial charge on any atom is -0.480 e. The molecular weight excluding hydrogens is 288 g/mol. The minimum atomic E-state index is -0.868. The molecule has 2 aliphatic rings. The molecule has 114 valence electrons. The van der Waals surface area contributed by atoms with Crippen LogP contribution in [-0.4, -0.2) is 39.0 Å². The lowest BCUT2D eigenvalue weighted by Crippen LogP contribution is -2.46. The number of aryl methyl sites for hydroxylation is 1. The summed E-state index contributed by atoms with van der Waals surface area (Å²) in [5, 5.41) is 12.3. The lowest BCUT2D eigenvalue weighted by molar-refractivity contribution is -0.149. The number of hydrogen-bond donors (Lipinski definition) is 1. The monoisotopic (exact) mass is 308 g/mol. The molecule has 1 aromatic rings. The predicted octanol–water partition coefficient (Wildman–Crippen LogP) is 2.24. The number of thiazole rings is 1. The summed E-state index contributed by atoms with van der Waals surface area (Å²) in [4.78, 5) is 30.1. The van der Waals surface area contributed by atoms with Gasteiger partial charge in [0.2, 0.25) is 5.91 Å². The first kappa shape index (κ1) is 14.5. The third kappa shape index (κ3) is 2.81. The van der Waals surface area contributed by atoms with Crippen LogP contribution < -0.4 is 0 Å². The first-order valence-corrected chi connectivity index (χ1v) is 8.39. The number of hydrogen-bond acceptors (Lipinski definition) is 4. The number of rotatable bonds is 3. The van der Waals surface area contributed by atoms with E-state index >= 15 is 0 Å². The predicted molar refractivity (Wildman–Crippen MR) is 79.2 cm³/mol. The average molecular weight is 308 g/mol. The molecule has 21 heavy (non-hydrogen) atoms. The maximum absolute atomic E-state index is 12.6. The van der Waals surface area contributed by atoms with E-state index < -0.39 is 12.0 Å². The number of aliphatic carboxylic acids is 1. The molecule has 0 aromatic carbocycles. The number of carbonyl (C=O) groups is 2. The Bertz CT molecular complexity index is 557. The summed E-state index contributed by atoms with van der Waals surface area (Å²) in [6.45, 7) is 1.91. The van der Waals surface area contributed by atoms with Gasteiger partial charge < -0.3 is 10.0 Å². The molecule has 1 saturated heterocycles. The number of carbonyl (C=O) groups excluding carboxylic acids is 1. The lowest BCUT2D eigenvalue weighted by atomic mass is 9.84. The van der Waals surface area contributed by atoms with E-state index in [1.165, 1.54) is 11.3 Å². The van der Waals surface area contributed by atoms with Crippen molar-refractivity contribution < 1.29 is 14.7 Å². The van der Waals surface area contributed by atoms with Crippen LogP contribution in [0, 0.1) is 12.8 Å². The fourth-order valence-electron chi connectivity index (χ4n) is 3.77. The van der Waals surface area contributed by atoms with Gasteiger partial charge in [-0.15, -0.1) is 11.3 Å². The molecule has 5 nitrogen and oxygen atoms in total. The van der Waals surface area contributed by atoms with Gasteiger partial charge in [0, 0.05) is 11.4 Å². The van der Waals surface area contributed by atoms with Gasteiger partial charge in [0.1, 0.15) is 6.04 Å². The van der Waals surface area contributed by atoms with E-state index in [9.17, 15) is 14.7 Å². The summed E-state index contributed by atoms with van der Waals surface area (Å²) < 4.78 is 0. The Morgan fingerprint density at radius 2 is 2.19 bits per heavy atom. The van der Waals surface area contributed by atoms with Gasteiger partial charge in [0.15, 0.2) is 0 Å². The number of likely N-dealkylation sites (tertiary alicyclic amines) is 1. The van der Waals surface area contributed by atoms with Gasteiger partial charge in [-0.1, -0.05) is 12.8 Å². The van der Waals surface area contributed by atoms with E-state index in [1.54, 1.807) is 4.90 Å². The molecule has 1 aromatic heterocycles. The summed E-state index contributed by atoms with van der Waals surface area (Å²) in [5.41, 5.74) is 0.755. The number of carboxylic acid groups (broad SMARTS) is 1. The molecule has 0 bridgehead atoms. The summed E-state index contributed by atoms with van der Waals surface area (Å²) >= 11 is 1.52. The van der Waals surface area contributed by atoms with Crippen LogP contribution in [0.4, 0.5) is 0 Å². The normalized spacial score (nSPS) is 28.4. The molecule has 2 fully saturated rings. The van der Waals surface area contributed by atoms with E-state index in [0.717, 1.165) is 36.4 Å². The number of amides is 1. The van der Waals surface area contributed by atoms with Crippen LogP contribution >= 0.6 is 11.3 Å². The highest BCUT2D eigenvalue weighted by molar-refractivity contribution is 7.09. The third-order valence-corrected chi connectivity index (χ3v) is 5.48. The molecule has 0 unspecified atom stereocenters. The van der Waals surface area contributed by atoms with E-state index in [4.69, 9.17) is 0 Å². The molecule has 3 rings (SSSR count). The van der Waals surface area contributed by atoms with E-state index in [2.05, 4.69) is 4.98 Å². The van der Waals surface area contributed by atoms with Crippen molar-refractivity contribution in [1.29, 1.82) is 0 Å². The third-order valence-electron chi connectivity index (χ3n) is 4.66. The van der Waals surface area contributed by atoms with E-state index in [1.807, 2.05) is 12.3 Å². The largest absolute Gasteiger partial charge is 0.480 e. The summed E-state index contributed by atoms with van der Waals surface area (Å²) in [6.07, 6.45) is 5.07. The molecule has 1 aliphatic carbocycles. The van der Waals surface area contributed by atoms with Gasteiger partial charge in [0.25, 0.3) is 0 Å². The fourth-order valence-corrected chi connectivity index (χ4v) is 4.39.